The maximum atomic E-state index is 11.6. The highest BCUT2D eigenvalue weighted by atomic mass is 16.1. The number of nitrogens with zero attached hydrogens (tertiary/aromatic N) is 2. The van der Waals surface area contributed by atoms with Crippen LogP contribution < -0.4 is 0 Å². The summed E-state index contributed by atoms with van der Waals surface area (Å²) in [5.74, 6) is -0.00991. The molecular formula is C12H10N2O. The summed E-state index contributed by atoms with van der Waals surface area (Å²) in [6, 6.07) is 9.16. The molecule has 0 radical (unpaired) electrons. The second kappa shape index (κ2) is 4.37. The number of allylic oxidation sites excluding steroid dienone is 1. The van der Waals surface area contributed by atoms with Crippen molar-refractivity contribution in [2.24, 2.45) is 0 Å². The van der Waals surface area contributed by atoms with E-state index in [1.165, 1.54) is 6.08 Å². The van der Waals surface area contributed by atoms with E-state index in [2.05, 4.69) is 4.98 Å². The molecule has 1 aromatic heterocycles. The van der Waals surface area contributed by atoms with Crippen molar-refractivity contribution in [1.29, 1.82) is 0 Å². The molecule has 15 heavy (non-hydrogen) atoms. The van der Waals surface area contributed by atoms with Crippen molar-refractivity contribution in [1.82, 2.24) is 9.55 Å². The molecule has 1 heterocycles. The Labute approximate surface area is 87.7 Å². The van der Waals surface area contributed by atoms with Crippen LogP contribution in [-0.2, 0) is 0 Å². The molecule has 0 amide bonds. The number of benzene rings is 1. The van der Waals surface area contributed by atoms with Crippen molar-refractivity contribution >= 4 is 12.0 Å². The second-order valence-corrected chi connectivity index (χ2v) is 3.06. The number of imidazole rings is 1. The highest BCUT2D eigenvalue weighted by molar-refractivity contribution is 6.05. The van der Waals surface area contributed by atoms with Gasteiger partial charge in [0.25, 0.3) is 0 Å². The first-order valence-corrected chi connectivity index (χ1v) is 4.61. The zero-order valence-electron chi connectivity index (χ0n) is 8.08. The molecule has 0 N–H and O–H groups in total. The molecule has 0 saturated carbocycles. The van der Waals surface area contributed by atoms with Crippen LogP contribution in [0.25, 0.3) is 6.20 Å². The molecule has 74 valence electrons. The summed E-state index contributed by atoms with van der Waals surface area (Å²) < 4.78 is 1.72. The molecule has 0 unspecified atom stereocenters. The normalized spacial score (nSPS) is 10.7. The van der Waals surface area contributed by atoms with Crippen LogP contribution in [0.5, 0.6) is 0 Å². The Morgan fingerprint density at radius 1 is 1.27 bits per heavy atom. The summed E-state index contributed by atoms with van der Waals surface area (Å²) in [6.07, 6.45) is 8.28. The fraction of sp³-hybridized carbons (Fsp3) is 0. The van der Waals surface area contributed by atoms with Crippen LogP contribution in [0.3, 0.4) is 0 Å². The average Bonchev–Trinajstić information content (AvgIpc) is 2.80. The van der Waals surface area contributed by atoms with Crippen molar-refractivity contribution in [3.05, 3.63) is 60.7 Å². The molecule has 0 bridgehead atoms. The summed E-state index contributed by atoms with van der Waals surface area (Å²) in [6.45, 7) is 0. The van der Waals surface area contributed by atoms with Gasteiger partial charge in [0.2, 0.25) is 0 Å². The lowest BCUT2D eigenvalue weighted by molar-refractivity contribution is 0.104. The topological polar surface area (TPSA) is 34.9 Å². The first-order chi connectivity index (χ1) is 7.36. The van der Waals surface area contributed by atoms with Gasteiger partial charge in [-0.15, -0.1) is 0 Å². The SMILES string of the molecule is O=C(C=Cn1ccnc1)c1ccccc1. The van der Waals surface area contributed by atoms with Gasteiger partial charge in [0.05, 0.1) is 6.33 Å². The van der Waals surface area contributed by atoms with Gasteiger partial charge >= 0.3 is 0 Å². The molecule has 0 spiro atoms. The summed E-state index contributed by atoms with van der Waals surface area (Å²) in [5.41, 5.74) is 0.689. The van der Waals surface area contributed by atoms with E-state index in [9.17, 15) is 4.79 Å². The van der Waals surface area contributed by atoms with Crippen LogP contribution >= 0.6 is 0 Å². The lowest BCUT2D eigenvalue weighted by Crippen LogP contribution is -1.93. The van der Waals surface area contributed by atoms with Gasteiger partial charge in [-0.3, -0.25) is 4.79 Å². The fourth-order valence-electron chi connectivity index (χ4n) is 1.21. The van der Waals surface area contributed by atoms with Crippen LogP contribution in [0.2, 0.25) is 0 Å². The van der Waals surface area contributed by atoms with Crippen molar-refractivity contribution in [3.63, 3.8) is 0 Å². The van der Waals surface area contributed by atoms with Gasteiger partial charge < -0.3 is 4.57 Å². The van der Waals surface area contributed by atoms with Gasteiger partial charge in [0, 0.05) is 30.2 Å². The largest absolute Gasteiger partial charge is 0.313 e. The minimum atomic E-state index is -0.00991. The molecular weight excluding hydrogens is 188 g/mol. The quantitative estimate of drug-likeness (QED) is 0.560. The lowest BCUT2D eigenvalue weighted by atomic mass is 10.1. The first kappa shape index (κ1) is 9.40. The Balaban J connectivity index is 2.11. The monoisotopic (exact) mass is 198 g/mol. The third-order valence-electron chi connectivity index (χ3n) is 1.98. The van der Waals surface area contributed by atoms with E-state index < -0.39 is 0 Å². The zero-order valence-corrected chi connectivity index (χ0v) is 8.08. The second-order valence-electron chi connectivity index (χ2n) is 3.06. The van der Waals surface area contributed by atoms with Crippen LogP contribution in [0.4, 0.5) is 0 Å². The van der Waals surface area contributed by atoms with E-state index >= 15 is 0 Å². The molecule has 0 aliphatic carbocycles. The number of carbonyl (C=O) groups excluding carboxylic acids is 1. The van der Waals surface area contributed by atoms with E-state index in [1.54, 1.807) is 41.6 Å². The summed E-state index contributed by atoms with van der Waals surface area (Å²) >= 11 is 0. The molecule has 0 saturated heterocycles. The molecule has 3 heteroatoms. The lowest BCUT2D eigenvalue weighted by Gasteiger charge is -1.94. The Bertz CT molecular complexity index is 458. The molecule has 0 aliphatic heterocycles. The molecule has 0 fully saturated rings. The van der Waals surface area contributed by atoms with E-state index in [0.29, 0.717) is 5.56 Å². The third kappa shape index (κ3) is 2.40. The Hall–Kier alpha value is -2.16. The van der Waals surface area contributed by atoms with E-state index in [-0.39, 0.29) is 5.78 Å². The van der Waals surface area contributed by atoms with Gasteiger partial charge in [0.15, 0.2) is 5.78 Å². The van der Waals surface area contributed by atoms with Crippen LogP contribution in [-0.4, -0.2) is 15.3 Å². The Morgan fingerprint density at radius 3 is 2.73 bits per heavy atom. The number of ketones is 1. The van der Waals surface area contributed by atoms with Crippen LogP contribution in [0.1, 0.15) is 10.4 Å². The fourth-order valence-corrected chi connectivity index (χ4v) is 1.21. The van der Waals surface area contributed by atoms with E-state index in [4.69, 9.17) is 0 Å². The third-order valence-corrected chi connectivity index (χ3v) is 1.98. The van der Waals surface area contributed by atoms with Crippen molar-refractivity contribution in [2.45, 2.75) is 0 Å². The van der Waals surface area contributed by atoms with Crippen LogP contribution in [0.15, 0.2) is 55.1 Å². The highest BCUT2D eigenvalue weighted by Crippen LogP contribution is 2.01. The smallest absolute Gasteiger partial charge is 0.187 e. The van der Waals surface area contributed by atoms with Gasteiger partial charge in [-0.25, -0.2) is 4.98 Å². The highest BCUT2D eigenvalue weighted by Gasteiger charge is 1.98. The molecule has 3 nitrogen and oxygen atoms in total. The first-order valence-electron chi connectivity index (χ1n) is 4.61. The van der Waals surface area contributed by atoms with E-state index in [1.807, 2.05) is 18.2 Å². The Kier molecular flexibility index (Phi) is 2.74. The van der Waals surface area contributed by atoms with Gasteiger partial charge in [-0.2, -0.15) is 0 Å². The maximum Gasteiger partial charge on any atom is 0.187 e. The number of hydrogen-bond donors (Lipinski definition) is 0. The van der Waals surface area contributed by atoms with Crippen molar-refractivity contribution in [3.8, 4) is 0 Å². The maximum absolute atomic E-state index is 11.6. The predicted octanol–water partition coefficient (Wildman–Crippen LogP) is 2.24. The van der Waals surface area contributed by atoms with Gasteiger partial charge in [-0.1, -0.05) is 30.3 Å². The summed E-state index contributed by atoms with van der Waals surface area (Å²) in [5, 5.41) is 0. The molecule has 2 aromatic rings. The van der Waals surface area contributed by atoms with E-state index in [0.717, 1.165) is 0 Å². The minimum Gasteiger partial charge on any atom is -0.313 e. The van der Waals surface area contributed by atoms with Crippen molar-refractivity contribution in [2.75, 3.05) is 0 Å². The number of aromatic nitrogens is 2. The predicted molar refractivity (Wildman–Crippen MR) is 58.3 cm³/mol. The molecule has 1 aromatic carbocycles. The summed E-state index contributed by atoms with van der Waals surface area (Å²) in [4.78, 5) is 15.5. The van der Waals surface area contributed by atoms with Crippen LogP contribution in [0, 0.1) is 0 Å². The number of rotatable bonds is 3. The molecule has 0 atom stereocenters. The van der Waals surface area contributed by atoms with Gasteiger partial charge in [0.1, 0.15) is 0 Å². The number of hydrogen-bond acceptors (Lipinski definition) is 2. The average molecular weight is 198 g/mol. The van der Waals surface area contributed by atoms with Crippen molar-refractivity contribution < 1.29 is 4.79 Å². The zero-order chi connectivity index (χ0) is 10.5. The van der Waals surface area contributed by atoms with Gasteiger partial charge in [-0.05, 0) is 0 Å². The number of carbonyl (C=O) groups is 1. The Morgan fingerprint density at radius 2 is 2.07 bits per heavy atom. The molecule has 2 rings (SSSR count). The standard InChI is InChI=1S/C12H10N2O/c15-12(11-4-2-1-3-5-11)6-8-14-9-7-13-10-14/h1-10H. The molecule has 0 aliphatic rings. The summed E-state index contributed by atoms with van der Waals surface area (Å²) in [7, 11) is 0. The minimum absolute atomic E-state index is 0.00991.